The van der Waals surface area contributed by atoms with Gasteiger partial charge >= 0.3 is 11.9 Å². The van der Waals surface area contributed by atoms with Crippen molar-refractivity contribution >= 4 is 40.2 Å². The van der Waals surface area contributed by atoms with Crippen LogP contribution in [0, 0.1) is 0 Å². The zero-order valence-corrected chi connectivity index (χ0v) is 21.2. The van der Waals surface area contributed by atoms with Crippen molar-refractivity contribution in [2.45, 2.75) is 25.8 Å². The van der Waals surface area contributed by atoms with E-state index in [0.29, 0.717) is 40.6 Å². The number of carbonyl (C=O) groups is 3. The summed E-state index contributed by atoms with van der Waals surface area (Å²) in [6, 6.07) is 15.1. The van der Waals surface area contributed by atoms with Crippen molar-refractivity contribution < 1.29 is 33.0 Å². The fraction of sp³-hybridized carbons (Fsp3) is 0.241. The average molecular weight is 528 g/mol. The molecule has 3 heterocycles. The molecule has 39 heavy (non-hydrogen) atoms. The monoisotopic (exact) mass is 527 g/mol. The number of hydrogen-bond donors (Lipinski definition) is 0. The maximum Gasteiger partial charge on any atom is 0.344 e. The van der Waals surface area contributed by atoms with Crippen LogP contribution in [0.2, 0.25) is 0 Å². The molecular formula is C29H25N3O7. The molecule has 4 aromatic rings. The van der Waals surface area contributed by atoms with Crippen molar-refractivity contribution in [2.75, 3.05) is 29.7 Å². The van der Waals surface area contributed by atoms with Crippen LogP contribution in [0.25, 0.3) is 11.0 Å². The van der Waals surface area contributed by atoms with Gasteiger partial charge in [-0.25, -0.2) is 4.79 Å². The van der Waals surface area contributed by atoms with E-state index >= 15 is 0 Å². The highest BCUT2D eigenvalue weighted by atomic mass is 16.7. The third kappa shape index (κ3) is 4.88. The number of amides is 1. The van der Waals surface area contributed by atoms with Crippen LogP contribution in [0.5, 0.6) is 11.5 Å². The highest BCUT2D eigenvalue weighted by Crippen LogP contribution is 2.41. The zero-order valence-electron chi connectivity index (χ0n) is 21.2. The lowest BCUT2D eigenvalue weighted by molar-refractivity contribution is -0.149. The van der Waals surface area contributed by atoms with E-state index in [0.717, 1.165) is 17.9 Å². The maximum absolute atomic E-state index is 13.8. The normalized spacial score (nSPS) is 14.6. The standard InChI is InChI=1S/C29H25N3O7/c1-18(33)37-17-38-29(35)23-16-36-26-9-8-20(14-21(23)26)39-27-10-11-30-15-22(27)28(34)32-13-12-31(19-6-7-19)24-4-2-3-5-25(24)32/h2-5,8-11,14-16,19H,6-7,12-13,17H2,1H3. The van der Waals surface area contributed by atoms with Crippen LogP contribution in [0.4, 0.5) is 11.4 Å². The number of ether oxygens (including phenoxy) is 3. The van der Waals surface area contributed by atoms with Gasteiger partial charge in [-0.15, -0.1) is 0 Å². The first kappa shape index (κ1) is 24.5. The van der Waals surface area contributed by atoms with Gasteiger partial charge in [-0.05, 0) is 49.2 Å². The van der Waals surface area contributed by atoms with E-state index in [-0.39, 0.29) is 11.5 Å². The summed E-state index contributed by atoms with van der Waals surface area (Å²) in [4.78, 5) is 45.6. The summed E-state index contributed by atoms with van der Waals surface area (Å²) in [6.45, 7) is 2.03. The summed E-state index contributed by atoms with van der Waals surface area (Å²) in [5.74, 6) is -0.765. The lowest BCUT2D eigenvalue weighted by atomic mass is 10.1. The molecule has 0 unspecified atom stereocenters. The Morgan fingerprint density at radius 3 is 2.62 bits per heavy atom. The first-order valence-corrected chi connectivity index (χ1v) is 12.6. The van der Waals surface area contributed by atoms with Gasteiger partial charge in [0.2, 0.25) is 6.79 Å². The molecule has 0 N–H and O–H groups in total. The first-order valence-electron chi connectivity index (χ1n) is 12.6. The fourth-order valence-corrected chi connectivity index (χ4v) is 4.74. The number of nitrogens with zero attached hydrogens (tertiary/aromatic N) is 3. The van der Waals surface area contributed by atoms with Gasteiger partial charge in [0.15, 0.2) is 0 Å². The molecular weight excluding hydrogens is 502 g/mol. The molecule has 10 heteroatoms. The highest BCUT2D eigenvalue weighted by Gasteiger charge is 2.36. The molecule has 2 aromatic heterocycles. The number of carbonyl (C=O) groups excluding carboxylic acids is 3. The molecule has 2 aromatic carbocycles. The quantitative estimate of drug-likeness (QED) is 0.244. The summed E-state index contributed by atoms with van der Waals surface area (Å²) in [6.07, 6.45) is 6.68. The molecule has 1 amide bonds. The van der Waals surface area contributed by atoms with Crippen LogP contribution in [0.15, 0.2) is 71.6 Å². The highest BCUT2D eigenvalue weighted by molar-refractivity contribution is 6.10. The minimum absolute atomic E-state index is 0.152. The van der Waals surface area contributed by atoms with Gasteiger partial charge in [0, 0.05) is 43.8 Å². The molecule has 198 valence electrons. The second-order valence-corrected chi connectivity index (χ2v) is 9.34. The van der Waals surface area contributed by atoms with Gasteiger partial charge in [-0.2, -0.15) is 0 Å². The van der Waals surface area contributed by atoms with E-state index in [4.69, 9.17) is 13.9 Å². The second-order valence-electron chi connectivity index (χ2n) is 9.34. The third-order valence-electron chi connectivity index (χ3n) is 6.74. The van der Waals surface area contributed by atoms with E-state index in [9.17, 15) is 14.4 Å². The van der Waals surface area contributed by atoms with Crippen LogP contribution < -0.4 is 14.5 Å². The van der Waals surface area contributed by atoms with Gasteiger partial charge in [0.1, 0.15) is 34.5 Å². The lowest BCUT2D eigenvalue weighted by Crippen LogP contribution is -2.45. The van der Waals surface area contributed by atoms with E-state index in [1.54, 1.807) is 35.4 Å². The molecule has 0 atom stereocenters. The molecule has 1 fully saturated rings. The predicted octanol–water partition coefficient (Wildman–Crippen LogP) is 4.93. The number of para-hydroxylation sites is 2. The summed E-state index contributed by atoms with van der Waals surface area (Å²) in [5.41, 5.74) is 2.84. The minimum Gasteiger partial charge on any atom is -0.463 e. The van der Waals surface area contributed by atoms with Gasteiger partial charge in [0.25, 0.3) is 5.91 Å². The van der Waals surface area contributed by atoms with Gasteiger partial charge < -0.3 is 28.4 Å². The van der Waals surface area contributed by atoms with E-state index in [1.807, 2.05) is 18.2 Å². The number of fused-ring (bicyclic) bond motifs is 2. The number of furan rings is 1. The van der Waals surface area contributed by atoms with Crippen LogP contribution in [0.3, 0.4) is 0 Å². The van der Waals surface area contributed by atoms with Crippen molar-refractivity contribution in [1.29, 1.82) is 0 Å². The molecule has 1 saturated carbocycles. The Kier molecular flexibility index (Phi) is 6.36. The number of anilines is 2. The SMILES string of the molecule is CC(=O)OCOC(=O)c1coc2ccc(Oc3ccncc3C(=O)N3CCN(C4CC4)c4ccccc43)cc12. The largest absolute Gasteiger partial charge is 0.463 e. The smallest absolute Gasteiger partial charge is 0.344 e. The number of aromatic nitrogens is 1. The number of hydrogen-bond acceptors (Lipinski definition) is 9. The number of esters is 2. The average Bonchev–Trinajstić information content (AvgIpc) is 3.70. The third-order valence-corrected chi connectivity index (χ3v) is 6.74. The Balaban J connectivity index is 1.26. The summed E-state index contributed by atoms with van der Waals surface area (Å²) < 4.78 is 21.3. The van der Waals surface area contributed by atoms with Crippen molar-refractivity contribution in [1.82, 2.24) is 4.98 Å². The molecule has 10 nitrogen and oxygen atoms in total. The van der Waals surface area contributed by atoms with Crippen molar-refractivity contribution in [3.8, 4) is 11.5 Å². The molecule has 0 radical (unpaired) electrons. The van der Waals surface area contributed by atoms with Gasteiger partial charge in [-0.1, -0.05) is 12.1 Å². The predicted molar refractivity (Wildman–Crippen MR) is 141 cm³/mol. The van der Waals surface area contributed by atoms with Gasteiger partial charge in [0.05, 0.1) is 11.4 Å². The second kappa shape index (κ2) is 10.1. The molecule has 1 aliphatic carbocycles. The van der Waals surface area contributed by atoms with Crippen molar-refractivity contribution in [2.24, 2.45) is 0 Å². The summed E-state index contributed by atoms with van der Waals surface area (Å²) in [5, 5.41) is 0.451. The Labute approximate surface area is 223 Å². The fourth-order valence-electron chi connectivity index (χ4n) is 4.74. The summed E-state index contributed by atoms with van der Waals surface area (Å²) >= 11 is 0. The van der Waals surface area contributed by atoms with Crippen LogP contribution in [-0.2, 0) is 14.3 Å². The van der Waals surface area contributed by atoms with Crippen LogP contribution >= 0.6 is 0 Å². The maximum atomic E-state index is 13.8. The number of benzene rings is 2. The Morgan fingerprint density at radius 1 is 1.00 bits per heavy atom. The molecule has 1 aliphatic heterocycles. The molecule has 0 saturated heterocycles. The Hall–Kier alpha value is -4.86. The lowest BCUT2D eigenvalue weighted by Gasteiger charge is -2.38. The van der Waals surface area contributed by atoms with Gasteiger partial charge in [-0.3, -0.25) is 14.6 Å². The molecule has 6 rings (SSSR count). The van der Waals surface area contributed by atoms with Crippen LogP contribution in [-0.4, -0.2) is 48.8 Å². The summed E-state index contributed by atoms with van der Waals surface area (Å²) in [7, 11) is 0. The Bertz CT molecular complexity index is 1580. The first-order chi connectivity index (χ1) is 19.0. The van der Waals surface area contributed by atoms with E-state index in [1.165, 1.54) is 32.2 Å². The van der Waals surface area contributed by atoms with Crippen molar-refractivity contribution in [3.05, 3.63) is 78.3 Å². The van der Waals surface area contributed by atoms with E-state index in [2.05, 4.69) is 20.7 Å². The topological polar surface area (TPSA) is 111 Å². The molecule has 0 spiro atoms. The molecule has 0 bridgehead atoms. The minimum atomic E-state index is -0.712. The molecule has 2 aliphatic rings. The van der Waals surface area contributed by atoms with E-state index < -0.39 is 18.7 Å². The number of pyridine rings is 1. The van der Waals surface area contributed by atoms with Crippen molar-refractivity contribution in [3.63, 3.8) is 0 Å². The Morgan fingerprint density at radius 2 is 1.82 bits per heavy atom. The number of rotatable bonds is 7. The zero-order chi connectivity index (χ0) is 26.9. The van der Waals surface area contributed by atoms with Crippen LogP contribution in [0.1, 0.15) is 40.5 Å².